The van der Waals surface area contributed by atoms with Gasteiger partial charge in [0.15, 0.2) is 0 Å². The average Bonchev–Trinajstić information content (AvgIpc) is 2.93. The maximum atomic E-state index is 12.2. The number of nitrogens with zero attached hydrogens (tertiary/aromatic N) is 2. The van der Waals surface area contributed by atoms with E-state index in [-0.39, 0.29) is 17.4 Å². The summed E-state index contributed by atoms with van der Waals surface area (Å²) in [7, 11) is 0. The Morgan fingerprint density at radius 1 is 1.39 bits per heavy atom. The second-order valence-corrected chi connectivity index (χ2v) is 4.51. The van der Waals surface area contributed by atoms with E-state index in [1.165, 1.54) is 11.1 Å². The zero-order chi connectivity index (χ0) is 12.7. The highest BCUT2D eigenvalue weighted by atomic mass is 16.4. The number of benzene rings is 1. The molecule has 0 spiro atoms. The summed E-state index contributed by atoms with van der Waals surface area (Å²) in [6.07, 6.45) is 2.65. The van der Waals surface area contributed by atoms with Crippen LogP contribution < -0.4 is 5.01 Å². The molecule has 18 heavy (non-hydrogen) atoms. The average molecular weight is 244 g/mol. The van der Waals surface area contributed by atoms with E-state index in [2.05, 4.69) is 5.10 Å². The largest absolute Gasteiger partial charge is 0.478 e. The quantitative estimate of drug-likeness (QED) is 0.863. The monoisotopic (exact) mass is 244 g/mol. The van der Waals surface area contributed by atoms with E-state index < -0.39 is 5.97 Å². The van der Waals surface area contributed by atoms with Crippen molar-refractivity contribution in [2.24, 2.45) is 11.0 Å². The lowest BCUT2D eigenvalue weighted by Gasteiger charge is -2.15. The van der Waals surface area contributed by atoms with Gasteiger partial charge in [-0.1, -0.05) is 12.1 Å². The summed E-state index contributed by atoms with van der Waals surface area (Å²) in [6.45, 7) is 0. The molecule has 1 saturated carbocycles. The summed E-state index contributed by atoms with van der Waals surface area (Å²) in [5.41, 5.74) is 1.35. The number of carboxylic acid groups (broad SMARTS) is 1. The van der Waals surface area contributed by atoms with Gasteiger partial charge in [-0.25, -0.2) is 4.79 Å². The summed E-state index contributed by atoms with van der Waals surface area (Å²) in [6, 6.07) is 6.45. The molecule has 1 fully saturated rings. The number of para-hydroxylation sites is 1. The van der Waals surface area contributed by atoms with E-state index in [1.807, 2.05) is 0 Å². The van der Waals surface area contributed by atoms with Crippen LogP contribution in [0.3, 0.4) is 0 Å². The van der Waals surface area contributed by atoms with Gasteiger partial charge < -0.3 is 5.11 Å². The molecule has 0 bridgehead atoms. The third-order valence-electron chi connectivity index (χ3n) is 3.43. The van der Waals surface area contributed by atoms with E-state index >= 15 is 0 Å². The number of hydrogen-bond acceptors (Lipinski definition) is 3. The number of fused-ring (bicyclic) bond motifs is 1. The van der Waals surface area contributed by atoms with Crippen LogP contribution in [0.1, 0.15) is 29.6 Å². The van der Waals surface area contributed by atoms with Gasteiger partial charge in [0.05, 0.1) is 22.9 Å². The van der Waals surface area contributed by atoms with Gasteiger partial charge >= 0.3 is 5.97 Å². The smallest absolute Gasteiger partial charge is 0.337 e. The van der Waals surface area contributed by atoms with Crippen molar-refractivity contribution in [1.82, 2.24) is 0 Å². The molecular formula is C13H12N2O3. The van der Waals surface area contributed by atoms with Crippen LogP contribution in [0.5, 0.6) is 0 Å². The number of rotatable bonds is 2. The molecule has 1 N–H and O–H groups in total. The highest BCUT2D eigenvalue weighted by molar-refractivity contribution is 6.17. The second-order valence-electron chi connectivity index (χ2n) is 4.51. The van der Waals surface area contributed by atoms with E-state index in [4.69, 9.17) is 5.11 Å². The first kappa shape index (κ1) is 11.0. The summed E-state index contributed by atoms with van der Waals surface area (Å²) in [4.78, 5) is 23.3. The fourth-order valence-electron chi connectivity index (χ4n) is 2.55. The van der Waals surface area contributed by atoms with Crippen LogP contribution in [0, 0.1) is 5.92 Å². The molecule has 3 rings (SSSR count). The third kappa shape index (κ3) is 1.51. The van der Waals surface area contributed by atoms with Crippen LogP contribution in [-0.4, -0.2) is 22.7 Å². The maximum Gasteiger partial charge on any atom is 0.337 e. The predicted molar refractivity (Wildman–Crippen MR) is 65.7 cm³/mol. The van der Waals surface area contributed by atoms with Crippen molar-refractivity contribution >= 4 is 23.3 Å². The molecule has 0 aromatic heterocycles. The number of hydrazone groups is 1. The van der Waals surface area contributed by atoms with E-state index in [0.29, 0.717) is 5.69 Å². The van der Waals surface area contributed by atoms with Crippen molar-refractivity contribution in [2.75, 3.05) is 5.01 Å². The maximum absolute atomic E-state index is 12.2. The van der Waals surface area contributed by atoms with Crippen LogP contribution in [-0.2, 0) is 4.79 Å². The van der Waals surface area contributed by atoms with E-state index in [9.17, 15) is 9.59 Å². The van der Waals surface area contributed by atoms with Gasteiger partial charge in [0.1, 0.15) is 0 Å². The normalized spacial score (nSPS) is 22.0. The Morgan fingerprint density at radius 3 is 2.89 bits per heavy atom. The molecule has 1 aliphatic heterocycles. The molecule has 1 amide bonds. The summed E-state index contributed by atoms with van der Waals surface area (Å²) < 4.78 is 0. The van der Waals surface area contributed by atoms with Gasteiger partial charge in [-0.05, 0) is 31.4 Å². The van der Waals surface area contributed by atoms with Crippen molar-refractivity contribution in [3.63, 3.8) is 0 Å². The van der Waals surface area contributed by atoms with Crippen LogP contribution in [0.25, 0.3) is 0 Å². The highest BCUT2D eigenvalue weighted by Gasteiger charge is 2.40. The lowest BCUT2D eigenvalue weighted by molar-refractivity contribution is -0.119. The summed E-state index contributed by atoms with van der Waals surface area (Å²) >= 11 is 0. The molecule has 5 heteroatoms. The van der Waals surface area contributed by atoms with Gasteiger partial charge in [-0.2, -0.15) is 10.1 Å². The third-order valence-corrected chi connectivity index (χ3v) is 3.43. The Balaban J connectivity index is 2.04. The predicted octanol–water partition coefficient (Wildman–Crippen LogP) is 1.89. The molecule has 1 aromatic rings. The summed E-state index contributed by atoms with van der Waals surface area (Å²) in [5, 5.41) is 14.7. The number of carbonyl (C=O) groups excluding carboxylic acids is 1. The van der Waals surface area contributed by atoms with Gasteiger partial charge in [-0.15, -0.1) is 0 Å². The Hall–Kier alpha value is -2.17. The number of amides is 1. The van der Waals surface area contributed by atoms with E-state index in [1.54, 1.807) is 18.2 Å². The highest BCUT2D eigenvalue weighted by Crippen LogP contribution is 2.34. The van der Waals surface area contributed by atoms with Crippen molar-refractivity contribution in [1.29, 1.82) is 0 Å². The van der Waals surface area contributed by atoms with Crippen LogP contribution in [0.2, 0.25) is 0 Å². The molecule has 1 atom stereocenters. The molecule has 5 nitrogen and oxygen atoms in total. The van der Waals surface area contributed by atoms with Crippen molar-refractivity contribution in [3.8, 4) is 0 Å². The van der Waals surface area contributed by atoms with Crippen LogP contribution >= 0.6 is 0 Å². The number of anilines is 1. The minimum absolute atomic E-state index is 0.101. The Morgan fingerprint density at radius 2 is 2.17 bits per heavy atom. The minimum atomic E-state index is -1.05. The van der Waals surface area contributed by atoms with Gasteiger partial charge in [0.25, 0.3) is 5.91 Å². The molecule has 1 heterocycles. The summed E-state index contributed by atoms with van der Waals surface area (Å²) in [5.74, 6) is -1.28. The molecule has 92 valence electrons. The second kappa shape index (κ2) is 3.94. The van der Waals surface area contributed by atoms with Gasteiger partial charge in [-0.3, -0.25) is 4.79 Å². The topological polar surface area (TPSA) is 70.0 Å². The zero-order valence-electron chi connectivity index (χ0n) is 9.67. The number of carboxylic acids is 1. The Kier molecular flexibility index (Phi) is 2.40. The van der Waals surface area contributed by atoms with E-state index in [0.717, 1.165) is 25.0 Å². The minimum Gasteiger partial charge on any atom is -0.478 e. The van der Waals surface area contributed by atoms with Crippen molar-refractivity contribution in [2.45, 2.75) is 19.3 Å². The molecule has 2 aliphatic rings. The fraction of sp³-hybridized carbons (Fsp3) is 0.308. The van der Waals surface area contributed by atoms with Crippen LogP contribution in [0.15, 0.2) is 29.4 Å². The number of hydrogen-bond donors (Lipinski definition) is 1. The first-order valence-electron chi connectivity index (χ1n) is 5.92. The lowest BCUT2D eigenvalue weighted by atomic mass is 10.1. The molecule has 1 unspecified atom stereocenters. The number of aromatic carboxylic acids is 1. The molecular weight excluding hydrogens is 232 g/mol. The number of carbonyl (C=O) groups is 2. The van der Waals surface area contributed by atoms with Crippen LogP contribution in [0.4, 0.5) is 5.69 Å². The molecule has 1 aliphatic carbocycles. The Bertz CT molecular complexity index is 565. The SMILES string of the molecule is O=C(O)c1ccccc1N1N=C2CCCC2C1=O. The van der Waals surface area contributed by atoms with Gasteiger partial charge in [0.2, 0.25) is 0 Å². The molecule has 1 aromatic carbocycles. The molecule has 0 radical (unpaired) electrons. The first-order chi connectivity index (χ1) is 8.68. The fourth-order valence-corrected chi connectivity index (χ4v) is 2.55. The zero-order valence-corrected chi connectivity index (χ0v) is 9.67. The Labute approximate surface area is 104 Å². The van der Waals surface area contributed by atoms with Crippen molar-refractivity contribution < 1.29 is 14.7 Å². The van der Waals surface area contributed by atoms with Crippen molar-refractivity contribution in [3.05, 3.63) is 29.8 Å². The molecule has 0 saturated heterocycles. The first-order valence-corrected chi connectivity index (χ1v) is 5.92. The standard InChI is InChI=1S/C13H12N2O3/c16-12-8-5-3-6-10(8)14-15(12)11-7-2-1-4-9(11)13(17)18/h1-2,4,7-8H,3,5-6H2,(H,17,18). The van der Waals surface area contributed by atoms with Gasteiger partial charge in [0, 0.05) is 0 Å². The lowest BCUT2D eigenvalue weighted by Crippen LogP contribution is -2.27.